The highest BCUT2D eigenvalue weighted by molar-refractivity contribution is 5.79. The van der Waals surface area contributed by atoms with Gasteiger partial charge in [-0.2, -0.15) is 0 Å². The van der Waals surface area contributed by atoms with Crippen LogP contribution in [-0.4, -0.2) is 22.7 Å². The molecule has 176 valence electrons. The molecule has 3 aromatic carbocycles. The van der Waals surface area contributed by atoms with Gasteiger partial charge in [0.25, 0.3) is 0 Å². The van der Waals surface area contributed by atoms with E-state index in [1.807, 2.05) is 54.6 Å². The Kier molecular flexibility index (Phi) is 6.75. The van der Waals surface area contributed by atoms with Gasteiger partial charge in [-0.3, -0.25) is 0 Å². The molecule has 1 N–H and O–H groups in total. The standard InChI is InChI=1S/C30H27NO4/c32-27(33)20-34-25-16-9-10-21(19-25)18-24-15-7-8-17-26(24)30-31-28(22-11-3-1-4-12-22)29(35-30)23-13-5-2-6-14-23/h1-6,9-14,16,19H,7-8,15,17-18,20H2,(H,32,33). The van der Waals surface area contributed by atoms with Crippen LogP contribution in [0.5, 0.6) is 5.75 Å². The monoisotopic (exact) mass is 465 g/mol. The summed E-state index contributed by atoms with van der Waals surface area (Å²) in [5.41, 5.74) is 6.46. The molecule has 0 fully saturated rings. The van der Waals surface area contributed by atoms with Crippen LogP contribution in [0.25, 0.3) is 28.2 Å². The summed E-state index contributed by atoms with van der Waals surface area (Å²) < 4.78 is 11.9. The van der Waals surface area contributed by atoms with Crippen LogP contribution in [0.2, 0.25) is 0 Å². The molecule has 0 saturated heterocycles. The number of carbonyl (C=O) groups is 1. The maximum atomic E-state index is 10.9. The van der Waals surface area contributed by atoms with Gasteiger partial charge in [0.15, 0.2) is 12.4 Å². The first-order chi connectivity index (χ1) is 17.2. The van der Waals surface area contributed by atoms with Gasteiger partial charge in [0.05, 0.1) is 0 Å². The van der Waals surface area contributed by atoms with Crippen molar-refractivity contribution in [1.82, 2.24) is 4.98 Å². The predicted octanol–water partition coefficient (Wildman–Crippen LogP) is 7.04. The number of benzene rings is 3. The fraction of sp³-hybridized carbons (Fsp3) is 0.200. The van der Waals surface area contributed by atoms with Crippen molar-refractivity contribution < 1.29 is 19.1 Å². The van der Waals surface area contributed by atoms with Gasteiger partial charge in [-0.1, -0.05) is 78.4 Å². The third-order valence-electron chi connectivity index (χ3n) is 6.23. The molecule has 5 rings (SSSR count). The molecule has 0 amide bonds. The van der Waals surface area contributed by atoms with E-state index in [1.165, 1.54) is 11.1 Å². The Hall–Kier alpha value is -4.12. The van der Waals surface area contributed by atoms with Gasteiger partial charge in [0.1, 0.15) is 11.4 Å². The number of carboxylic acid groups (broad SMARTS) is 1. The number of aromatic nitrogens is 1. The van der Waals surface area contributed by atoms with E-state index in [0.717, 1.165) is 60.2 Å². The van der Waals surface area contributed by atoms with Gasteiger partial charge in [0.2, 0.25) is 5.89 Å². The average Bonchev–Trinajstić information content (AvgIpc) is 3.34. The first-order valence-electron chi connectivity index (χ1n) is 11.9. The van der Waals surface area contributed by atoms with E-state index in [4.69, 9.17) is 19.2 Å². The summed E-state index contributed by atoms with van der Waals surface area (Å²) in [6.07, 6.45) is 4.90. The number of allylic oxidation sites excluding steroid dienone is 2. The van der Waals surface area contributed by atoms with Crippen molar-refractivity contribution in [2.24, 2.45) is 0 Å². The van der Waals surface area contributed by atoms with Crippen molar-refractivity contribution in [3.63, 3.8) is 0 Å². The Balaban J connectivity index is 1.52. The molecule has 0 atom stereocenters. The zero-order valence-corrected chi connectivity index (χ0v) is 19.4. The summed E-state index contributed by atoms with van der Waals surface area (Å²) in [6, 6.07) is 27.9. The Morgan fingerprint density at radius 1 is 0.886 bits per heavy atom. The minimum Gasteiger partial charge on any atom is -0.482 e. The number of hydrogen-bond acceptors (Lipinski definition) is 4. The lowest BCUT2D eigenvalue weighted by Gasteiger charge is -2.19. The zero-order valence-electron chi connectivity index (χ0n) is 19.4. The molecule has 1 aliphatic carbocycles. The predicted molar refractivity (Wildman–Crippen MR) is 136 cm³/mol. The van der Waals surface area contributed by atoms with Crippen LogP contribution in [0.3, 0.4) is 0 Å². The molecule has 5 heteroatoms. The quantitative estimate of drug-likeness (QED) is 0.302. The summed E-state index contributed by atoms with van der Waals surface area (Å²) in [5.74, 6) is 1.06. The molecule has 0 bridgehead atoms. The maximum absolute atomic E-state index is 10.9. The highest BCUT2D eigenvalue weighted by Gasteiger charge is 2.23. The minimum absolute atomic E-state index is 0.349. The van der Waals surface area contributed by atoms with Crippen LogP contribution >= 0.6 is 0 Å². The lowest BCUT2D eigenvalue weighted by Crippen LogP contribution is -2.09. The van der Waals surface area contributed by atoms with Crippen LogP contribution in [0, 0.1) is 0 Å². The lowest BCUT2D eigenvalue weighted by molar-refractivity contribution is -0.139. The van der Waals surface area contributed by atoms with Crippen molar-refractivity contribution in [3.8, 4) is 28.3 Å². The van der Waals surface area contributed by atoms with Crippen molar-refractivity contribution in [2.75, 3.05) is 6.61 Å². The van der Waals surface area contributed by atoms with E-state index in [1.54, 1.807) is 6.07 Å². The molecule has 0 radical (unpaired) electrons. The van der Waals surface area contributed by atoms with Crippen LogP contribution in [0.1, 0.15) is 37.1 Å². The molecule has 0 aliphatic heterocycles. The maximum Gasteiger partial charge on any atom is 0.341 e. The molecule has 35 heavy (non-hydrogen) atoms. The largest absolute Gasteiger partial charge is 0.482 e. The normalized spacial score (nSPS) is 13.6. The Bertz CT molecular complexity index is 1280. The topological polar surface area (TPSA) is 72.6 Å². The highest BCUT2D eigenvalue weighted by atomic mass is 16.5. The van der Waals surface area contributed by atoms with Gasteiger partial charge in [-0.25, -0.2) is 9.78 Å². The molecule has 1 heterocycles. The van der Waals surface area contributed by atoms with E-state index >= 15 is 0 Å². The van der Waals surface area contributed by atoms with E-state index in [-0.39, 0.29) is 6.61 Å². The number of rotatable bonds is 8. The van der Waals surface area contributed by atoms with Crippen molar-refractivity contribution in [1.29, 1.82) is 0 Å². The van der Waals surface area contributed by atoms with E-state index in [9.17, 15) is 4.79 Å². The fourth-order valence-corrected chi connectivity index (χ4v) is 4.58. The van der Waals surface area contributed by atoms with Crippen molar-refractivity contribution >= 4 is 11.5 Å². The van der Waals surface area contributed by atoms with Crippen LogP contribution in [-0.2, 0) is 11.2 Å². The number of aliphatic carboxylic acids is 1. The van der Waals surface area contributed by atoms with E-state index in [0.29, 0.717) is 11.6 Å². The van der Waals surface area contributed by atoms with E-state index < -0.39 is 5.97 Å². The number of ether oxygens (including phenoxy) is 1. The minimum atomic E-state index is -0.986. The zero-order chi connectivity index (χ0) is 24.0. The fourth-order valence-electron chi connectivity index (χ4n) is 4.58. The van der Waals surface area contributed by atoms with Crippen LogP contribution < -0.4 is 4.74 Å². The number of hydrogen-bond donors (Lipinski definition) is 1. The molecule has 0 saturated carbocycles. The third-order valence-corrected chi connectivity index (χ3v) is 6.23. The van der Waals surface area contributed by atoms with Crippen molar-refractivity contribution in [3.05, 3.63) is 102 Å². The summed E-state index contributed by atoms with van der Waals surface area (Å²) in [4.78, 5) is 15.9. The van der Waals surface area contributed by atoms with Crippen molar-refractivity contribution in [2.45, 2.75) is 32.1 Å². The summed E-state index contributed by atoms with van der Waals surface area (Å²) in [5, 5.41) is 8.91. The molecular weight excluding hydrogens is 438 g/mol. The molecule has 5 nitrogen and oxygen atoms in total. The number of oxazole rings is 1. The summed E-state index contributed by atoms with van der Waals surface area (Å²) >= 11 is 0. The van der Waals surface area contributed by atoms with E-state index in [2.05, 4.69) is 24.3 Å². The summed E-state index contributed by atoms with van der Waals surface area (Å²) in [6.45, 7) is -0.349. The second-order valence-corrected chi connectivity index (χ2v) is 8.72. The molecule has 1 aliphatic rings. The highest BCUT2D eigenvalue weighted by Crippen LogP contribution is 2.39. The Morgan fingerprint density at radius 3 is 2.34 bits per heavy atom. The first-order valence-corrected chi connectivity index (χ1v) is 11.9. The second kappa shape index (κ2) is 10.4. The molecule has 0 unspecified atom stereocenters. The Morgan fingerprint density at radius 2 is 1.60 bits per heavy atom. The SMILES string of the molecule is O=C(O)COc1cccc(CC2=C(c3nc(-c4ccccc4)c(-c4ccccc4)o3)CCCC2)c1. The van der Waals surface area contributed by atoms with Crippen LogP contribution in [0.4, 0.5) is 0 Å². The van der Waals surface area contributed by atoms with Crippen LogP contribution in [0.15, 0.2) is 94.9 Å². The van der Waals surface area contributed by atoms with Gasteiger partial charge in [0, 0.05) is 16.7 Å². The number of nitrogens with zero attached hydrogens (tertiary/aromatic N) is 1. The lowest BCUT2D eigenvalue weighted by atomic mass is 9.87. The average molecular weight is 466 g/mol. The first kappa shape index (κ1) is 22.7. The second-order valence-electron chi connectivity index (χ2n) is 8.72. The smallest absolute Gasteiger partial charge is 0.341 e. The molecule has 1 aromatic heterocycles. The molecule has 0 spiro atoms. The van der Waals surface area contributed by atoms with Gasteiger partial charge in [-0.15, -0.1) is 0 Å². The van der Waals surface area contributed by atoms with Gasteiger partial charge < -0.3 is 14.3 Å². The van der Waals surface area contributed by atoms with Gasteiger partial charge in [-0.05, 0) is 49.8 Å². The molecular formula is C30H27NO4. The Labute approximate surface area is 204 Å². The third kappa shape index (κ3) is 5.35. The van der Waals surface area contributed by atoms with Gasteiger partial charge >= 0.3 is 5.97 Å². The number of carboxylic acids is 1. The summed E-state index contributed by atoms with van der Waals surface area (Å²) in [7, 11) is 0. The molecule has 4 aromatic rings.